The molecule has 0 saturated carbocycles. The smallest absolute Gasteiger partial charge is 0.238 e. The van der Waals surface area contributed by atoms with E-state index < -0.39 is 0 Å². The SMILES string of the molecule is N#Cc1ccc(Cl)cc1NC(=O)CN1CCC[C@@H]1Cc1cccc(F)c1. The average molecular weight is 372 g/mol. The predicted octanol–water partition coefficient (Wildman–Crippen LogP) is 4.00. The number of nitriles is 1. The first-order chi connectivity index (χ1) is 12.5. The molecular formula is C20H19ClFN3O. The molecule has 1 saturated heterocycles. The fraction of sp³-hybridized carbons (Fsp3) is 0.300. The fourth-order valence-electron chi connectivity index (χ4n) is 3.36. The van der Waals surface area contributed by atoms with Crippen molar-refractivity contribution in [2.24, 2.45) is 0 Å². The number of benzene rings is 2. The fourth-order valence-corrected chi connectivity index (χ4v) is 3.53. The van der Waals surface area contributed by atoms with E-state index in [-0.39, 0.29) is 24.3 Å². The first-order valence-corrected chi connectivity index (χ1v) is 8.91. The second-order valence-corrected chi connectivity index (χ2v) is 6.89. The molecule has 0 unspecified atom stereocenters. The van der Waals surface area contributed by atoms with Crippen molar-refractivity contribution < 1.29 is 9.18 Å². The summed E-state index contributed by atoms with van der Waals surface area (Å²) in [6.07, 6.45) is 2.70. The second kappa shape index (κ2) is 8.31. The quantitative estimate of drug-likeness (QED) is 0.864. The van der Waals surface area contributed by atoms with Gasteiger partial charge in [0.2, 0.25) is 5.91 Å². The lowest BCUT2D eigenvalue weighted by molar-refractivity contribution is -0.117. The summed E-state index contributed by atoms with van der Waals surface area (Å²) in [6, 6.07) is 13.6. The number of hydrogen-bond donors (Lipinski definition) is 1. The number of anilines is 1. The van der Waals surface area contributed by atoms with Crippen LogP contribution in [0.5, 0.6) is 0 Å². The highest BCUT2D eigenvalue weighted by molar-refractivity contribution is 6.31. The molecule has 1 heterocycles. The van der Waals surface area contributed by atoms with Crippen LogP contribution in [-0.2, 0) is 11.2 Å². The van der Waals surface area contributed by atoms with Crippen LogP contribution in [0.4, 0.5) is 10.1 Å². The van der Waals surface area contributed by atoms with Crippen LogP contribution in [-0.4, -0.2) is 29.9 Å². The van der Waals surface area contributed by atoms with E-state index >= 15 is 0 Å². The van der Waals surface area contributed by atoms with Crippen molar-refractivity contribution >= 4 is 23.2 Å². The third-order valence-corrected chi connectivity index (χ3v) is 4.82. The summed E-state index contributed by atoms with van der Waals surface area (Å²) < 4.78 is 13.4. The van der Waals surface area contributed by atoms with Gasteiger partial charge in [0.15, 0.2) is 0 Å². The molecule has 6 heteroatoms. The maximum absolute atomic E-state index is 13.4. The minimum atomic E-state index is -0.241. The Labute approximate surface area is 157 Å². The minimum Gasteiger partial charge on any atom is -0.324 e. The lowest BCUT2D eigenvalue weighted by atomic mass is 10.0. The first-order valence-electron chi connectivity index (χ1n) is 8.53. The molecule has 26 heavy (non-hydrogen) atoms. The highest BCUT2D eigenvalue weighted by Gasteiger charge is 2.26. The Hall–Kier alpha value is -2.42. The zero-order chi connectivity index (χ0) is 18.5. The van der Waals surface area contributed by atoms with Crippen LogP contribution in [0.2, 0.25) is 5.02 Å². The lowest BCUT2D eigenvalue weighted by Gasteiger charge is -2.24. The predicted molar refractivity (Wildman–Crippen MR) is 99.5 cm³/mol. The molecule has 0 aromatic heterocycles. The second-order valence-electron chi connectivity index (χ2n) is 6.45. The highest BCUT2D eigenvalue weighted by atomic mass is 35.5. The molecule has 1 aliphatic heterocycles. The summed E-state index contributed by atoms with van der Waals surface area (Å²) in [6.45, 7) is 1.06. The maximum atomic E-state index is 13.4. The molecule has 3 rings (SSSR count). The van der Waals surface area contributed by atoms with Crippen molar-refractivity contribution in [2.75, 3.05) is 18.4 Å². The molecule has 2 aromatic rings. The maximum Gasteiger partial charge on any atom is 0.238 e. The topological polar surface area (TPSA) is 56.1 Å². The number of carbonyl (C=O) groups excluding carboxylic acids is 1. The molecular weight excluding hydrogens is 353 g/mol. The third-order valence-electron chi connectivity index (χ3n) is 4.58. The molecule has 134 valence electrons. The van der Waals surface area contributed by atoms with Crippen molar-refractivity contribution in [1.29, 1.82) is 5.26 Å². The molecule has 0 aliphatic carbocycles. The van der Waals surface area contributed by atoms with Crippen LogP contribution in [0.1, 0.15) is 24.0 Å². The highest BCUT2D eigenvalue weighted by Crippen LogP contribution is 2.23. The normalized spacial score (nSPS) is 17.0. The van der Waals surface area contributed by atoms with Crippen molar-refractivity contribution in [3.8, 4) is 6.07 Å². The number of amides is 1. The average Bonchev–Trinajstić information content (AvgIpc) is 3.01. The van der Waals surface area contributed by atoms with E-state index in [1.54, 1.807) is 30.3 Å². The summed E-state index contributed by atoms with van der Waals surface area (Å²) >= 11 is 5.95. The van der Waals surface area contributed by atoms with Crippen LogP contribution in [0, 0.1) is 17.1 Å². The van der Waals surface area contributed by atoms with Gasteiger partial charge in [-0.05, 0) is 61.7 Å². The summed E-state index contributed by atoms with van der Waals surface area (Å²) in [4.78, 5) is 14.5. The Morgan fingerprint density at radius 3 is 2.96 bits per heavy atom. The molecule has 1 N–H and O–H groups in total. The number of nitrogens with one attached hydrogen (secondary N) is 1. The van der Waals surface area contributed by atoms with Crippen molar-refractivity contribution in [2.45, 2.75) is 25.3 Å². The van der Waals surface area contributed by atoms with Gasteiger partial charge >= 0.3 is 0 Å². The van der Waals surface area contributed by atoms with E-state index in [1.807, 2.05) is 12.1 Å². The summed E-state index contributed by atoms with van der Waals surface area (Å²) in [5.74, 6) is -0.426. The Morgan fingerprint density at radius 2 is 2.19 bits per heavy atom. The molecule has 0 spiro atoms. The van der Waals surface area contributed by atoms with Gasteiger partial charge in [-0.1, -0.05) is 23.7 Å². The van der Waals surface area contributed by atoms with Gasteiger partial charge in [0, 0.05) is 11.1 Å². The molecule has 1 amide bonds. The monoisotopic (exact) mass is 371 g/mol. The number of rotatable bonds is 5. The Balaban J connectivity index is 1.63. The molecule has 1 atom stereocenters. The summed E-state index contributed by atoms with van der Waals surface area (Å²) in [7, 11) is 0. The van der Waals surface area contributed by atoms with E-state index in [1.165, 1.54) is 6.07 Å². The van der Waals surface area contributed by atoms with E-state index in [0.29, 0.717) is 22.7 Å². The van der Waals surface area contributed by atoms with E-state index in [9.17, 15) is 9.18 Å². The number of carbonyl (C=O) groups is 1. The Bertz CT molecular complexity index is 849. The van der Waals surface area contributed by atoms with Gasteiger partial charge in [-0.15, -0.1) is 0 Å². The van der Waals surface area contributed by atoms with Crippen LogP contribution < -0.4 is 5.32 Å². The number of nitrogens with zero attached hydrogens (tertiary/aromatic N) is 2. The summed E-state index contributed by atoms with van der Waals surface area (Å²) in [5.41, 5.74) is 1.73. The van der Waals surface area contributed by atoms with Gasteiger partial charge in [0.05, 0.1) is 17.8 Å². The van der Waals surface area contributed by atoms with Gasteiger partial charge in [-0.25, -0.2) is 4.39 Å². The molecule has 2 aromatic carbocycles. The zero-order valence-corrected chi connectivity index (χ0v) is 15.0. The summed E-state index contributed by atoms with van der Waals surface area (Å²) in [5, 5.41) is 12.4. The number of likely N-dealkylation sites (tertiary alicyclic amines) is 1. The third kappa shape index (κ3) is 4.60. The van der Waals surface area contributed by atoms with Crippen LogP contribution in [0.25, 0.3) is 0 Å². The van der Waals surface area contributed by atoms with Crippen LogP contribution in [0.15, 0.2) is 42.5 Å². The lowest BCUT2D eigenvalue weighted by Crippen LogP contribution is -2.38. The van der Waals surface area contributed by atoms with Crippen LogP contribution in [0.3, 0.4) is 0 Å². The van der Waals surface area contributed by atoms with E-state index in [2.05, 4.69) is 10.2 Å². The van der Waals surface area contributed by atoms with Crippen molar-refractivity contribution in [3.05, 3.63) is 64.4 Å². The van der Waals surface area contributed by atoms with E-state index in [4.69, 9.17) is 16.9 Å². The van der Waals surface area contributed by atoms with Crippen LogP contribution >= 0.6 is 11.6 Å². The molecule has 1 fully saturated rings. The standard InChI is InChI=1S/C20H19ClFN3O/c21-16-7-6-15(12-23)19(11-16)24-20(26)13-25-8-2-5-18(25)10-14-3-1-4-17(22)9-14/h1,3-4,6-7,9,11,18H,2,5,8,10,13H2,(H,24,26)/t18-/m1/s1. The number of hydrogen-bond acceptors (Lipinski definition) is 3. The number of halogens is 2. The van der Waals surface area contributed by atoms with Gasteiger partial charge in [-0.2, -0.15) is 5.26 Å². The molecule has 4 nitrogen and oxygen atoms in total. The van der Waals surface area contributed by atoms with Gasteiger partial charge in [-0.3, -0.25) is 9.69 Å². The molecule has 0 bridgehead atoms. The van der Waals surface area contributed by atoms with Gasteiger partial charge in [0.25, 0.3) is 0 Å². The zero-order valence-electron chi connectivity index (χ0n) is 14.2. The van der Waals surface area contributed by atoms with Gasteiger partial charge in [0.1, 0.15) is 11.9 Å². The van der Waals surface area contributed by atoms with Crippen molar-refractivity contribution in [1.82, 2.24) is 4.90 Å². The first kappa shape index (κ1) is 18.4. The van der Waals surface area contributed by atoms with Gasteiger partial charge < -0.3 is 5.32 Å². The van der Waals surface area contributed by atoms with Crippen molar-refractivity contribution in [3.63, 3.8) is 0 Å². The minimum absolute atomic E-state index is 0.185. The largest absolute Gasteiger partial charge is 0.324 e. The molecule has 0 radical (unpaired) electrons. The van der Waals surface area contributed by atoms with E-state index in [0.717, 1.165) is 24.9 Å². The Kier molecular flexibility index (Phi) is 5.87. The molecule has 1 aliphatic rings. The Morgan fingerprint density at radius 1 is 1.35 bits per heavy atom.